The Morgan fingerprint density at radius 1 is 1.57 bits per heavy atom. The summed E-state index contributed by atoms with van der Waals surface area (Å²) in [5.74, 6) is -0.0778. The van der Waals surface area contributed by atoms with E-state index in [4.69, 9.17) is 15.2 Å². The summed E-state index contributed by atoms with van der Waals surface area (Å²) in [6, 6.07) is 0. The Morgan fingerprint density at radius 3 is 2.86 bits per heavy atom. The zero-order valence-electron chi connectivity index (χ0n) is 8.91. The van der Waals surface area contributed by atoms with Crippen LogP contribution in [0.15, 0.2) is 0 Å². The van der Waals surface area contributed by atoms with Crippen LogP contribution in [0.3, 0.4) is 0 Å². The Kier molecular flexibility index (Phi) is 3.89. The molecule has 1 aliphatic rings. The molecule has 1 saturated carbocycles. The first-order chi connectivity index (χ1) is 6.65. The van der Waals surface area contributed by atoms with Gasteiger partial charge in [0, 0.05) is 13.7 Å². The minimum atomic E-state index is -0.771. The van der Waals surface area contributed by atoms with E-state index in [0.29, 0.717) is 6.61 Å². The molecule has 82 valence electrons. The number of methoxy groups -OCH3 is 2. The molecule has 0 aromatic heterocycles. The van der Waals surface area contributed by atoms with Crippen LogP contribution in [-0.2, 0) is 14.3 Å². The minimum absolute atomic E-state index is 0.204. The molecule has 0 amide bonds. The van der Waals surface area contributed by atoms with Gasteiger partial charge in [-0.25, -0.2) is 0 Å². The molecule has 2 atom stereocenters. The molecule has 2 N–H and O–H groups in total. The van der Waals surface area contributed by atoms with Crippen molar-refractivity contribution in [2.24, 2.45) is 11.7 Å². The van der Waals surface area contributed by atoms with E-state index in [1.165, 1.54) is 7.11 Å². The maximum absolute atomic E-state index is 11.5. The van der Waals surface area contributed by atoms with Crippen LogP contribution in [0.2, 0.25) is 0 Å². The molecule has 0 aliphatic heterocycles. The number of nitrogens with two attached hydrogens (primary N) is 1. The molecule has 4 nitrogen and oxygen atoms in total. The van der Waals surface area contributed by atoms with Gasteiger partial charge in [0.1, 0.15) is 5.54 Å². The molecule has 0 aromatic rings. The SMILES string of the molecule is COCCC1CCCC1(N)C(=O)OC. The average Bonchev–Trinajstić information content (AvgIpc) is 2.57. The quantitative estimate of drug-likeness (QED) is 0.680. The highest BCUT2D eigenvalue weighted by Crippen LogP contribution is 2.36. The topological polar surface area (TPSA) is 61.5 Å². The third-order valence-corrected chi connectivity index (χ3v) is 3.11. The summed E-state index contributed by atoms with van der Waals surface area (Å²) in [6.07, 6.45) is 3.56. The van der Waals surface area contributed by atoms with E-state index in [0.717, 1.165) is 25.7 Å². The van der Waals surface area contributed by atoms with Crippen LogP contribution in [0.25, 0.3) is 0 Å². The normalized spacial score (nSPS) is 31.8. The van der Waals surface area contributed by atoms with Crippen LogP contribution in [-0.4, -0.2) is 32.3 Å². The van der Waals surface area contributed by atoms with Crippen molar-refractivity contribution in [1.82, 2.24) is 0 Å². The van der Waals surface area contributed by atoms with Gasteiger partial charge in [0.25, 0.3) is 0 Å². The zero-order chi connectivity index (χ0) is 10.6. The smallest absolute Gasteiger partial charge is 0.326 e. The van der Waals surface area contributed by atoms with Gasteiger partial charge in [-0.3, -0.25) is 4.79 Å². The van der Waals surface area contributed by atoms with Crippen LogP contribution >= 0.6 is 0 Å². The first kappa shape index (κ1) is 11.5. The number of ether oxygens (including phenoxy) is 2. The molecule has 14 heavy (non-hydrogen) atoms. The molecule has 1 fully saturated rings. The highest BCUT2D eigenvalue weighted by atomic mass is 16.5. The second kappa shape index (κ2) is 4.75. The fourth-order valence-electron chi connectivity index (χ4n) is 2.22. The van der Waals surface area contributed by atoms with E-state index < -0.39 is 5.54 Å². The molecule has 0 heterocycles. The summed E-state index contributed by atoms with van der Waals surface area (Å²) in [5.41, 5.74) is 5.30. The van der Waals surface area contributed by atoms with Gasteiger partial charge >= 0.3 is 5.97 Å². The van der Waals surface area contributed by atoms with Crippen LogP contribution in [0.4, 0.5) is 0 Å². The lowest BCUT2D eigenvalue weighted by atomic mass is 9.86. The van der Waals surface area contributed by atoms with Crippen molar-refractivity contribution in [3.8, 4) is 0 Å². The molecule has 0 bridgehead atoms. The lowest BCUT2D eigenvalue weighted by molar-refractivity contribution is -0.148. The van der Waals surface area contributed by atoms with Crippen molar-refractivity contribution in [2.75, 3.05) is 20.8 Å². The molecular formula is C10H19NO3. The molecule has 1 rings (SSSR count). The van der Waals surface area contributed by atoms with Gasteiger partial charge in [0.2, 0.25) is 0 Å². The van der Waals surface area contributed by atoms with Crippen LogP contribution in [0.1, 0.15) is 25.7 Å². The van der Waals surface area contributed by atoms with E-state index in [2.05, 4.69) is 0 Å². The van der Waals surface area contributed by atoms with Crippen LogP contribution in [0, 0.1) is 5.92 Å². The van der Waals surface area contributed by atoms with Crippen LogP contribution < -0.4 is 5.73 Å². The third-order valence-electron chi connectivity index (χ3n) is 3.11. The van der Waals surface area contributed by atoms with Crippen molar-refractivity contribution < 1.29 is 14.3 Å². The molecule has 0 radical (unpaired) electrons. The van der Waals surface area contributed by atoms with Gasteiger partial charge in [0.15, 0.2) is 0 Å². The first-order valence-corrected chi connectivity index (χ1v) is 5.01. The number of hydrogen-bond acceptors (Lipinski definition) is 4. The summed E-state index contributed by atoms with van der Waals surface area (Å²) < 4.78 is 9.75. The molecular weight excluding hydrogens is 182 g/mol. The first-order valence-electron chi connectivity index (χ1n) is 5.01. The van der Waals surface area contributed by atoms with Gasteiger partial charge in [-0.2, -0.15) is 0 Å². The van der Waals surface area contributed by atoms with Crippen molar-refractivity contribution in [2.45, 2.75) is 31.2 Å². The van der Waals surface area contributed by atoms with E-state index in [9.17, 15) is 4.79 Å². The maximum Gasteiger partial charge on any atom is 0.326 e. The second-order valence-corrected chi connectivity index (χ2v) is 3.90. The second-order valence-electron chi connectivity index (χ2n) is 3.90. The van der Waals surface area contributed by atoms with Crippen LogP contribution in [0.5, 0.6) is 0 Å². The van der Waals surface area contributed by atoms with E-state index in [-0.39, 0.29) is 11.9 Å². The number of esters is 1. The molecule has 0 spiro atoms. The fraction of sp³-hybridized carbons (Fsp3) is 0.900. The largest absolute Gasteiger partial charge is 0.468 e. The summed E-state index contributed by atoms with van der Waals surface area (Å²) in [6.45, 7) is 0.653. The number of hydrogen-bond donors (Lipinski definition) is 1. The monoisotopic (exact) mass is 201 g/mol. The van der Waals surface area contributed by atoms with Gasteiger partial charge < -0.3 is 15.2 Å². The Bertz CT molecular complexity index is 208. The van der Waals surface area contributed by atoms with Gasteiger partial charge in [-0.1, -0.05) is 6.42 Å². The third kappa shape index (κ3) is 2.07. The van der Waals surface area contributed by atoms with Gasteiger partial charge in [-0.05, 0) is 25.2 Å². The molecule has 0 saturated heterocycles. The van der Waals surface area contributed by atoms with E-state index >= 15 is 0 Å². The Morgan fingerprint density at radius 2 is 2.29 bits per heavy atom. The van der Waals surface area contributed by atoms with E-state index in [1.54, 1.807) is 7.11 Å². The molecule has 0 aromatic carbocycles. The highest BCUT2D eigenvalue weighted by Gasteiger charge is 2.46. The summed E-state index contributed by atoms with van der Waals surface area (Å²) >= 11 is 0. The summed E-state index contributed by atoms with van der Waals surface area (Å²) in [4.78, 5) is 11.5. The number of rotatable bonds is 4. The summed E-state index contributed by atoms with van der Waals surface area (Å²) in [7, 11) is 3.05. The minimum Gasteiger partial charge on any atom is -0.468 e. The average molecular weight is 201 g/mol. The Hall–Kier alpha value is -0.610. The molecule has 4 heteroatoms. The number of carbonyl (C=O) groups is 1. The van der Waals surface area contributed by atoms with E-state index in [1.807, 2.05) is 0 Å². The maximum atomic E-state index is 11.5. The lowest BCUT2D eigenvalue weighted by Gasteiger charge is -2.28. The Balaban J connectivity index is 2.60. The standard InChI is InChI=1S/C10H19NO3/c1-13-7-5-8-4-3-6-10(8,11)9(12)14-2/h8H,3-7,11H2,1-2H3. The molecule has 2 unspecified atom stereocenters. The highest BCUT2D eigenvalue weighted by molar-refractivity contribution is 5.81. The van der Waals surface area contributed by atoms with Crippen molar-refractivity contribution in [3.63, 3.8) is 0 Å². The van der Waals surface area contributed by atoms with Crippen molar-refractivity contribution in [1.29, 1.82) is 0 Å². The predicted molar refractivity (Wildman–Crippen MR) is 52.8 cm³/mol. The van der Waals surface area contributed by atoms with Crippen molar-refractivity contribution >= 4 is 5.97 Å². The Labute approximate surface area is 84.7 Å². The van der Waals surface area contributed by atoms with Gasteiger partial charge in [0.05, 0.1) is 7.11 Å². The fourth-order valence-corrected chi connectivity index (χ4v) is 2.22. The van der Waals surface area contributed by atoms with Crippen molar-refractivity contribution in [3.05, 3.63) is 0 Å². The van der Waals surface area contributed by atoms with Gasteiger partial charge in [-0.15, -0.1) is 0 Å². The zero-order valence-corrected chi connectivity index (χ0v) is 8.91. The summed E-state index contributed by atoms with van der Waals surface area (Å²) in [5, 5.41) is 0. The lowest BCUT2D eigenvalue weighted by Crippen LogP contribution is -2.51. The predicted octanol–water partition coefficient (Wildman–Crippen LogP) is 0.694. The molecule has 1 aliphatic carbocycles. The number of carbonyl (C=O) groups excluding carboxylic acids is 1.